The molecule has 19 heteroatoms. The molecule has 6 atom stereocenters. The standard InChI is InChI=1S/C65H126O17P2/c1-8-10-11-12-13-14-15-16-17-18-19-24-34-41-48-64(69)81-60(52-75-62(67)46-39-32-23-21-20-22-31-38-45-58(7)9-2)54-79-83(71,72)77-50-59(66)51-78-84(73,74)80-55-61(82-65(70)49-42-35-28-26-30-37-44-57(5)6)53-76-63(68)47-40-33-27-25-29-36-43-56(3)4/h56-61,66H,8-55H2,1-7H3,(H,71,72)(H,73,74)/t58?,59-,60-,61-/m1/s1. The number of ether oxygens (including phenoxy) is 4. The van der Waals surface area contributed by atoms with E-state index in [0.717, 1.165) is 102 Å². The minimum atomic E-state index is -4.95. The minimum Gasteiger partial charge on any atom is -0.462 e. The predicted molar refractivity (Wildman–Crippen MR) is 335 cm³/mol. The van der Waals surface area contributed by atoms with Gasteiger partial charge in [0, 0.05) is 25.7 Å². The van der Waals surface area contributed by atoms with Gasteiger partial charge in [0.15, 0.2) is 12.2 Å². The summed E-state index contributed by atoms with van der Waals surface area (Å²) in [6, 6.07) is 0. The number of phosphoric ester groups is 2. The Morgan fingerprint density at radius 2 is 0.607 bits per heavy atom. The van der Waals surface area contributed by atoms with Gasteiger partial charge in [-0.3, -0.25) is 37.3 Å². The summed E-state index contributed by atoms with van der Waals surface area (Å²) in [5, 5.41) is 10.5. The van der Waals surface area contributed by atoms with Gasteiger partial charge in [-0.25, -0.2) is 9.13 Å². The molecule has 0 saturated carbocycles. The number of hydrogen-bond acceptors (Lipinski definition) is 15. The summed E-state index contributed by atoms with van der Waals surface area (Å²) in [6.45, 7) is 11.6. The lowest BCUT2D eigenvalue weighted by Gasteiger charge is -2.21. The van der Waals surface area contributed by atoms with E-state index in [1.807, 2.05) is 0 Å². The molecule has 0 spiro atoms. The summed E-state index contributed by atoms with van der Waals surface area (Å²) in [7, 11) is -9.89. The fourth-order valence-electron chi connectivity index (χ4n) is 9.62. The minimum absolute atomic E-state index is 0.101. The highest BCUT2D eigenvalue weighted by atomic mass is 31.2. The first kappa shape index (κ1) is 82.1. The van der Waals surface area contributed by atoms with Crippen LogP contribution < -0.4 is 0 Å². The Balaban J connectivity index is 5.24. The first-order valence-electron chi connectivity index (χ1n) is 33.9. The fourth-order valence-corrected chi connectivity index (χ4v) is 11.2. The van der Waals surface area contributed by atoms with Crippen LogP contribution in [0.5, 0.6) is 0 Å². The maximum atomic E-state index is 13.0. The van der Waals surface area contributed by atoms with Gasteiger partial charge in [0.25, 0.3) is 0 Å². The quantitative estimate of drug-likeness (QED) is 0.0222. The van der Waals surface area contributed by atoms with Crippen molar-refractivity contribution in [3.8, 4) is 0 Å². The van der Waals surface area contributed by atoms with E-state index in [9.17, 15) is 43.2 Å². The van der Waals surface area contributed by atoms with Crippen LogP contribution in [0.3, 0.4) is 0 Å². The third-order valence-electron chi connectivity index (χ3n) is 15.2. The van der Waals surface area contributed by atoms with Crippen molar-refractivity contribution in [1.82, 2.24) is 0 Å². The number of carbonyl (C=O) groups excluding carboxylic acids is 4. The van der Waals surface area contributed by atoms with Crippen molar-refractivity contribution in [1.29, 1.82) is 0 Å². The topological polar surface area (TPSA) is 237 Å². The second-order valence-corrected chi connectivity index (χ2v) is 27.6. The number of unbranched alkanes of at least 4 members (excludes halogenated alkanes) is 30. The molecule has 0 aliphatic rings. The Bertz CT molecular complexity index is 1670. The highest BCUT2D eigenvalue weighted by Gasteiger charge is 2.30. The van der Waals surface area contributed by atoms with E-state index in [1.165, 1.54) is 122 Å². The van der Waals surface area contributed by atoms with Crippen LogP contribution in [0.4, 0.5) is 0 Å². The zero-order valence-corrected chi connectivity index (χ0v) is 56.1. The first-order valence-corrected chi connectivity index (χ1v) is 36.9. The summed E-state index contributed by atoms with van der Waals surface area (Å²) < 4.78 is 68.0. The summed E-state index contributed by atoms with van der Waals surface area (Å²) >= 11 is 0. The average Bonchev–Trinajstić information content (AvgIpc) is 3.48. The predicted octanol–water partition coefficient (Wildman–Crippen LogP) is 17.9. The monoisotopic (exact) mass is 1240 g/mol. The molecule has 0 fully saturated rings. The zero-order chi connectivity index (χ0) is 62.4. The molecular weight excluding hydrogens is 1110 g/mol. The van der Waals surface area contributed by atoms with Crippen molar-refractivity contribution in [3.63, 3.8) is 0 Å². The number of rotatable bonds is 63. The van der Waals surface area contributed by atoms with E-state index in [-0.39, 0.29) is 25.7 Å². The summed E-state index contributed by atoms with van der Waals surface area (Å²) in [5.41, 5.74) is 0. The number of hydrogen-bond donors (Lipinski definition) is 3. The molecule has 0 rings (SSSR count). The highest BCUT2D eigenvalue weighted by molar-refractivity contribution is 7.47. The Morgan fingerprint density at radius 3 is 0.905 bits per heavy atom. The third kappa shape index (κ3) is 57.8. The molecular formula is C65H126O17P2. The molecule has 3 unspecified atom stereocenters. The molecule has 0 aliphatic heterocycles. The zero-order valence-electron chi connectivity index (χ0n) is 54.4. The molecule has 0 radical (unpaired) electrons. The van der Waals surface area contributed by atoms with Gasteiger partial charge in [-0.05, 0) is 43.4 Å². The second-order valence-electron chi connectivity index (χ2n) is 24.7. The number of aliphatic hydroxyl groups excluding tert-OH is 1. The van der Waals surface area contributed by atoms with Gasteiger partial charge in [-0.2, -0.15) is 0 Å². The van der Waals surface area contributed by atoms with E-state index in [4.69, 9.17) is 37.0 Å². The lowest BCUT2D eigenvalue weighted by Crippen LogP contribution is -2.30. The molecule has 0 aromatic rings. The fraction of sp³-hybridized carbons (Fsp3) is 0.938. The van der Waals surface area contributed by atoms with Gasteiger partial charge in [-0.1, -0.05) is 267 Å². The summed E-state index contributed by atoms with van der Waals surface area (Å²) in [4.78, 5) is 72.2. The Hall–Kier alpha value is -1.94. The molecule has 0 amide bonds. The van der Waals surface area contributed by atoms with Crippen LogP contribution in [-0.4, -0.2) is 96.7 Å². The molecule has 498 valence electrons. The Morgan fingerprint density at radius 1 is 0.345 bits per heavy atom. The van der Waals surface area contributed by atoms with E-state index in [0.29, 0.717) is 37.5 Å². The highest BCUT2D eigenvalue weighted by Crippen LogP contribution is 2.45. The van der Waals surface area contributed by atoms with E-state index >= 15 is 0 Å². The van der Waals surface area contributed by atoms with Gasteiger partial charge in [0.2, 0.25) is 0 Å². The first-order chi connectivity index (χ1) is 40.3. The van der Waals surface area contributed by atoms with Gasteiger partial charge in [-0.15, -0.1) is 0 Å². The van der Waals surface area contributed by atoms with Crippen molar-refractivity contribution in [2.75, 3.05) is 39.6 Å². The molecule has 84 heavy (non-hydrogen) atoms. The molecule has 0 aromatic heterocycles. The molecule has 3 N–H and O–H groups in total. The van der Waals surface area contributed by atoms with Crippen molar-refractivity contribution >= 4 is 39.5 Å². The molecule has 0 bridgehead atoms. The summed E-state index contributed by atoms with van der Waals surface area (Å²) in [6.07, 6.45) is 37.8. The van der Waals surface area contributed by atoms with E-state index in [2.05, 4.69) is 48.5 Å². The number of esters is 4. The van der Waals surface area contributed by atoms with Crippen molar-refractivity contribution in [3.05, 3.63) is 0 Å². The normalized spacial score (nSPS) is 14.7. The third-order valence-corrected chi connectivity index (χ3v) is 17.1. The van der Waals surface area contributed by atoms with Crippen LogP contribution in [-0.2, 0) is 65.4 Å². The van der Waals surface area contributed by atoms with Crippen LogP contribution in [0.15, 0.2) is 0 Å². The van der Waals surface area contributed by atoms with Crippen LogP contribution in [0.2, 0.25) is 0 Å². The molecule has 0 saturated heterocycles. The van der Waals surface area contributed by atoms with Crippen LogP contribution in [0.1, 0.15) is 318 Å². The summed E-state index contributed by atoms with van der Waals surface area (Å²) in [5.74, 6) is -0.0126. The van der Waals surface area contributed by atoms with E-state index < -0.39 is 97.5 Å². The molecule has 0 aliphatic carbocycles. The molecule has 0 heterocycles. The SMILES string of the molecule is CCCCCCCCCCCCCCCCC(=O)O[C@H](COC(=O)CCCCCCCCCCC(C)CC)COP(=O)(O)OC[C@@H](O)COP(=O)(O)OC[C@@H](COC(=O)CCCCCCCCC(C)C)OC(=O)CCCCCCCCC(C)C. The lowest BCUT2D eigenvalue weighted by atomic mass is 9.99. The van der Waals surface area contributed by atoms with Crippen LogP contribution in [0.25, 0.3) is 0 Å². The molecule has 17 nitrogen and oxygen atoms in total. The van der Waals surface area contributed by atoms with Gasteiger partial charge < -0.3 is 33.8 Å². The van der Waals surface area contributed by atoms with Gasteiger partial charge in [0.05, 0.1) is 26.4 Å². The number of aliphatic hydroxyl groups is 1. The van der Waals surface area contributed by atoms with Crippen molar-refractivity contribution in [2.45, 2.75) is 336 Å². The van der Waals surface area contributed by atoms with Crippen LogP contribution in [0, 0.1) is 17.8 Å². The number of carbonyl (C=O) groups is 4. The van der Waals surface area contributed by atoms with E-state index in [1.54, 1.807) is 0 Å². The largest absolute Gasteiger partial charge is 0.472 e. The van der Waals surface area contributed by atoms with Crippen molar-refractivity contribution < 1.29 is 80.2 Å². The Kier molecular flexibility index (Phi) is 55.0. The van der Waals surface area contributed by atoms with Crippen molar-refractivity contribution in [2.24, 2.45) is 17.8 Å². The maximum Gasteiger partial charge on any atom is 0.472 e. The van der Waals surface area contributed by atoms with Gasteiger partial charge >= 0.3 is 39.5 Å². The average molecular weight is 1240 g/mol. The smallest absolute Gasteiger partial charge is 0.462 e. The second kappa shape index (κ2) is 56.3. The van der Waals surface area contributed by atoms with Crippen LogP contribution >= 0.6 is 15.6 Å². The maximum absolute atomic E-state index is 13.0. The Labute approximate surface area is 511 Å². The lowest BCUT2D eigenvalue weighted by molar-refractivity contribution is -0.161. The van der Waals surface area contributed by atoms with Gasteiger partial charge in [0.1, 0.15) is 19.3 Å². The number of phosphoric acid groups is 2. The molecule has 0 aromatic carbocycles.